The van der Waals surface area contributed by atoms with E-state index in [1.165, 1.54) is 6.20 Å². The van der Waals surface area contributed by atoms with E-state index in [4.69, 9.17) is 11.6 Å². The average molecular weight is 304 g/mol. The molecule has 0 unspecified atom stereocenters. The highest BCUT2D eigenvalue weighted by atomic mass is 35.5. The molecule has 2 aromatic rings. The first kappa shape index (κ1) is 15.4. The minimum Gasteiger partial charge on any atom is -0.330 e. The molecule has 21 heavy (non-hydrogen) atoms. The van der Waals surface area contributed by atoms with Crippen LogP contribution in [0.3, 0.4) is 0 Å². The van der Waals surface area contributed by atoms with Crippen LogP contribution in [0.15, 0.2) is 36.7 Å². The van der Waals surface area contributed by atoms with Crippen molar-refractivity contribution in [2.24, 2.45) is 0 Å². The van der Waals surface area contributed by atoms with Crippen LogP contribution in [-0.4, -0.2) is 26.8 Å². The number of nitrogens with zero attached hydrogens (tertiary/aromatic N) is 3. The summed E-state index contributed by atoms with van der Waals surface area (Å²) >= 11 is 6.17. The van der Waals surface area contributed by atoms with Gasteiger partial charge in [0.1, 0.15) is 0 Å². The van der Waals surface area contributed by atoms with Gasteiger partial charge in [0.2, 0.25) is 0 Å². The fourth-order valence-electron chi connectivity index (χ4n) is 1.99. The second-order valence-corrected chi connectivity index (χ2v) is 5.56. The molecule has 0 atom stereocenters. The maximum absolute atomic E-state index is 12.7. The molecule has 110 valence electrons. The van der Waals surface area contributed by atoms with Gasteiger partial charge in [-0.2, -0.15) is 0 Å². The van der Waals surface area contributed by atoms with Gasteiger partial charge in [0, 0.05) is 24.1 Å². The van der Waals surface area contributed by atoms with Crippen LogP contribution in [0, 0.1) is 6.92 Å². The molecule has 4 nitrogen and oxygen atoms in total. The molecule has 0 N–H and O–H groups in total. The van der Waals surface area contributed by atoms with Gasteiger partial charge in [-0.3, -0.25) is 14.8 Å². The van der Waals surface area contributed by atoms with E-state index >= 15 is 0 Å². The van der Waals surface area contributed by atoms with Crippen molar-refractivity contribution in [2.75, 3.05) is 0 Å². The lowest BCUT2D eigenvalue weighted by molar-refractivity contribution is 0.0687. The number of amides is 1. The maximum Gasteiger partial charge on any atom is 0.257 e. The number of hydrogen-bond acceptors (Lipinski definition) is 3. The van der Waals surface area contributed by atoms with Crippen LogP contribution in [0.5, 0.6) is 0 Å². The molecular formula is C16H18ClN3O. The zero-order valence-corrected chi connectivity index (χ0v) is 13.1. The monoisotopic (exact) mass is 303 g/mol. The smallest absolute Gasteiger partial charge is 0.257 e. The van der Waals surface area contributed by atoms with Gasteiger partial charge < -0.3 is 4.90 Å². The summed E-state index contributed by atoms with van der Waals surface area (Å²) in [6, 6.07) is 7.40. The van der Waals surface area contributed by atoms with Crippen LogP contribution >= 0.6 is 11.6 Å². The quantitative estimate of drug-likeness (QED) is 0.868. The summed E-state index contributed by atoms with van der Waals surface area (Å²) in [5.74, 6) is -0.131. The van der Waals surface area contributed by atoms with Crippen LogP contribution in [0.4, 0.5) is 0 Å². The molecule has 0 spiro atoms. The van der Waals surface area contributed by atoms with E-state index in [1.807, 2.05) is 39.0 Å². The fourth-order valence-corrected chi connectivity index (χ4v) is 2.28. The summed E-state index contributed by atoms with van der Waals surface area (Å²) in [4.78, 5) is 22.9. The van der Waals surface area contributed by atoms with Gasteiger partial charge >= 0.3 is 0 Å². The number of aryl methyl sites for hydroxylation is 1. The molecule has 0 bridgehead atoms. The van der Waals surface area contributed by atoms with Gasteiger partial charge in [0.15, 0.2) is 0 Å². The number of pyridine rings is 2. The van der Waals surface area contributed by atoms with Crippen LogP contribution < -0.4 is 0 Å². The number of halogens is 1. The number of aromatic nitrogens is 2. The predicted molar refractivity (Wildman–Crippen MR) is 83.2 cm³/mol. The SMILES string of the molecule is Cc1cc(Cl)c(C(=O)N(Cc2ccccn2)C(C)C)cn1. The Labute approximate surface area is 129 Å². The minimum absolute atomic E-state index is 0.0388. The third-order valence-electron chi connectivity index (χ3n) is 3.16. The number of rotatable bonds is 4. The van der Waals surface area contributed by atoms with Crippen molar-refractivity contribution in [3.8, 4) is 0 Å². The average Bonchev–Trinajstić information content (AvgIpc) is 2.45. The zero-order valence-electron chi connectivity index (χ0n) is 12.4. The van der Waals surface area contributed by atoms with Crippen LogP contribution in [-0.2, 0) is 6.54 Å². The first-order valence-corrected chi connectivity index (χ1v) is 7.20. The first-order valence-electron chi connectivity index (χ1n) is 6.82. The Kier molecular flexibility index (Phi) is 4.91. The molecule has 0 saturated carbocycles. The Hall–Kier alpha value is -1.94. The van der Waals surface area contributed by atoms with Gasteiger partial charge in [-0.15, -0.1) is 0 Å². The standard InChI is InChI=1S/C16H18ClN3O/c1-11(2)20(10-13-6-4-5-7-18-13)16(21)14-9-19-12(3)8-15(14)17/h4-9,11H,10H2,1-3H3. The van der Waals surface area contributed by atoms with Gasteiger partial charge in [-0.05, 0) is 39.0 Å². The maximum atomic E-state index is 12.7. The van der Waals surface area contributed by atoms with Crippen molar-refractivity contribution in [1.29, 1.82) is 0 Å². The molecule has 0 radical (unpaired) electrons. The molecule has 5 heteroatoms. The van der Waals surface area contributed by atoms with E-state index in [9.17, 15) is 4.79 Å². The highest BCUT2D eigenvalue weighted by Crippen LogP contribution is 2.20. The van der Waals surface area contributed by atoms with E-state index in [-0.39, 0.29) is 11.9 Å². The van der Waals surface area contributed by atoms with Crippen molar-refractivity contribution >= 4 is 17.5 Å². The third-order valence-corrected chi connectivity index (χ3v) is 3.48. The third kappa shape index (κ3) is 3.79. The summed E-state index contributed by atoms with van der Waals surface area (Å²) in [6.45, 7) is 6.22. The first-order chi connectivity index (χ1) is 9.99. The van der Waals surface area contributed by atoms with Crippen LogP contribution in [0.2, 0.25) is 5.02 Å². The minimum atomic E-state index is -0.131. The lowest BCUT2D eigenvalue weighted by atomic mass is 10.2. The van der Waals surface area contributed by atoms with Gasteiger partial charge in [-0.1, -0.05) is 17.7 Å². The lowest BCUT2D eigenvalue weighted by Crippen LogP contribution is -2.36. The van der Waals surface area contributed by atoms with Crippen molar-refractivity contribution in [1.82, 2.24) is 14.9 Å². The molecular weight excluding hydrogens is 286 g/mol. The number of hydrogen-bond donors (Lipinski definition) is 0. The van der Waals surface area contributed by atoms with Crippen molar-refractivity contribution in [3.63, 3.8) is 0 Å². The molecule has 0 aliphatic rings. The molecule has 1 amide bonds. The highest BCUT2D eigenvalue weighted by Gasteiger charge is 2.22. The Morgan fingerprint density at radius 2 is 2.10 bits per heavy atom. The van der Waals surface area contributed by atoms with E-state index in [1.54, 1.807) is 17.2 Å². The summed E-state index contributed by atoms with van der Waals surface area (Å²) in [5, 5.41) is 0.430. The second kappa shape index (κ2) is 6.68. The molecule has 0 fully saturated rings. The summed E-state index contributed by atoms with van der Waals surface area (Å²) in [5.41, 5.74) is 2.06. The Morgan fingerprint density at radius 3 is 2.67 bits per heavy atom. The Morgan fingerprint density at radius 1 is 1.33 bits per heavy atom. The van der Waals surface area contributed by atoms with E-state index < -0.39 is 0 Å². The highest BCUT2D eigenvalue weighted by molar-refractivity contribution is 6.33. The van der Waals surface area contributed by atoms with E-state index in [0.29, 0.717) is 17.1 Å². The van der Waals surface area contributed by atoms with Crippen LogP contribution in [0.1, 0.15) is 35.6 Å². The normalized spacial score (nSPS) is 10.7. The fraction of sp³-hybridized carbons (Fsp3) is 0.312. The van der Waals surface area contributed by atoms with Crippen molar-refractivity contribution < 1.29 is 4.79 Å². The van der Waals surface area contributed by atoms with Crippen molar-refractivity contribution in [2.45, 2.75) is 33.4 Å². The van der Waals surface area contributed by atoms with Gasteiger partial charge in [0.05, 0.1) is 22.8 Å². The molecule has 2 aromatic heterocycles. The molecule has 2 rings (SSSR count). The molecule has 0 aromatic carbocycles. The summed E-state index contributed by atoms with van der Waals surface area (Å²) < 4.78 is 0. The van der Waals surface area contributed by atoms with E-state index in [2.05, 4.69) is 9.97 Å². The largest absolute Gasteiger partial charge is 0.330 e. The molecule has 0 saturated heterocycles. The Balaban J connectivity index is 2.27. The van der Waals surface area contributed by atoms with Crippen LogP contribution in [0.25, 0.3) is 0 Å². The van der Waals surface area contributed by atoms with Gasteiger partial charge in [-0.25, -0.2) is 0 Å². The van der Waals surface area contributed by atoms with Gasteiger partial charge in [0.25, 0.3) is 5.91 Å². The predicted octanol–water partition coefficient (Wildman–Crippen LogP) is 3.49. The molecule has 0 aliphatic heterocycles. The summed E-state index contributed by atoms with van der Waals surface area (Å²) in [7, 11) is 0. The second-order valence-electron chi connectivity index (χ2n) is 5.15. The molecule has 0 aliphatic carbocycles. The van der Waals surface area contributed by atoms with Crippen molar-refractivity contribution in [3.05, 3.63) is 58.6 Å². The Bertz CT molecular complexity index is 629. The summed E-state index contributed by atoms with van der Waals surface area (Å²) in [6.07, 6.45) is 3.26. The number of carbonyl (C=O) groups excluding carboxylic acids is 1. The molecule has 2 heterocycles. The zero-order chi connectivity index (χ0) is 15.4. The topological polar surface area (TPSA) is 46.1 Å². The van der Waals surface area contributed by atoms with E-state index in [0.717, 1.165) is 11.4 Å². The lowest BCUT2D eigenvalue weighted by Gasteiger charge is -2.26. The number of carbonyl (C=O) groups is 1.